The van der Waals surface area contributed by atoms with E-state index in [1.165, 1.54) is 0 Å². The number of aryl methyl sites for hydroxylation is 1. The molecule has 4 heteroatoms. The molecule has 1 aromatic carbocycles. The van der Waals surface area contributed by atoms with Crippen LogP contribution in [0.5, 0.6) is 0 Å². The van der Waals surface area contributed by atoms with Crippen LogP contribution >= 0.6 is 0 Å². The van der Waals surface area contributed by atoms with Gasteiger partial charge in [0.2, 0.25) is 5.78 Å². The third-order valence-corrected chi connectivity index (χ3v) is 2.94. The fourth-order valence-electron chi connectivity index (χ4n) is 1.97. The topological polar surface area (TPSA) is 60.9 Å². The maximum atomic E-state index is 12.1. The Bertz CT molecular complexity index is 545. The van der Waals surface area contributed by atoms with Crippen LogP contribution in [0.4, 0.5) is 0 Å². The number of aromatic nitrogens is 2. The van der Waals surface area contributed by atoms with Crippen molar-refractivity contribution in [1.82, 2.24) is 9.55 Å². The second-order valence-corrected chi connectivity index (χ2v) is 4.24. The molecule has 2 rings (SSSR count). The molecule has 1 unspecified atom stereocenters. The zero-order valence-electron chi connectivity index (χ0n) is 10.2. The Hall–Kier alpha value is -1.68. The molecule has 0 aliphatic heterocycles. The number of carbonyl (C=O) groups excluding carboxylic acids is 1. The van der Waals surface area contributed by atoms with E-state index in [1.807, 2.05) is 42.8 Å². The van der Waals surface area contributed by atoms with E-state index >= 15 is 0 Å². The third kappa shape index (κ3) is 2.08. The number of hydrogen-bond donors (Lipinski definition) is 1. The minimum absolute atomic E-state index is 0.0782. The minimum atomic E-state index is -0.449. The number of para-hydroxylation sites is 2. The molecule has 0 fully saturated rings. The summed E-state index contributed by atoms with van der Waals surface area (Å²) >= 11 is 0. The van der Waals surface area contributed by atoms with E-state index < -0.39 is 6.04 Å². The standard InChI is InChI=1S/C13H17N3O/c1-3-6-9(14)12(17)13-15-10-7-4-5-8-11(10)16(13)2/h4-5,7-9H,3,6,14H2,1-2H3. The number of benzene rings is 1. The van der Waals surface area contributed by atoms with E-state index in [9.17, 15) is 4.79 Å². The Labute approximate surface area is 100 Å². The summed E-state index contributed by atoms with van der Waals surface area (Å²) in [4.78, 5) is 16.5. The number of nitrogens with two attached hydrogens (primary N) is 1. The molecule has 2 aromatic rings. The summed E-state index contributed by atoms with van der Waals surface area (Å²) in [7, 11) is 1.85. The van der Waals surface area contributed by atoms with Gasteiger partial charge in [-0.2, -0.15) is 0 Å². The predicted octanol–water partition coefficient (Wildman–Crippen LogP) is 1.88. The van der Waals surface area contributed by atoms with Gasteiger partial charge in [0.05, 0.1) is 17.1 Å². The quantitative estimate of drug-likeness (QED) is 0.817. The molecular weight excluding hydrogens is 214 g/mol. The highest BCUT2D eigenvalue weighted by Crippen LogP contribution is 2.15. The number of carbonyl (C=O) groups is 1. The van der Waals surface area contributed by atoms with Crippen molar-refractivity contribution in [2.45, 2.75) is 25.8 Å². The van der Waals surface area contributed by atoms with E-state index in [1.54, 1.807) is 0 Å². The second-order valence-electron chi connectivity index (χ2n) is 4.24. The molecule has 0 saturated carbocycles. The van der Waals surface area contributed by atoms with Gasteiger partial charge in [-0.3, -0.25) is 4.79 Å². The van der Waals surface area contributed by atoms with E-state index in [0.717, 1.165) is 17.5 Å². The molecule has 90 valence electrons. The van der Waals surface area contributed by atoms with Crippen molar-refractivity contribution in [2.75, 3.05) is 0 Å². The lowest BCUT2D eigenvalue weighted by atomic mass is 10.1. The molecule has 0 radical (unpaired) electrons. The molecule has 0 bridgehead atoms. The van der Waals surface area contributed by atoms with Crippen LogP contribution in [-0.2, 0) is 7.05 Å². The summed E-state index contributed by atoms with van der Waals surface area (Å²) in [5.41, 5.74) is 7.64. The first kappa shape index (κ1) is 11.8. The summed E-state index contributed by atoms with van der Waals surface area (Å²) in [6.45, 7) is 2.02. The smallest absolute Gasteiger partial charge is 0.214 e. The number of rotatable bonds is 4. The lowest BCUT2D eigenvalue weighted by molar-refractivity contribution is 0.0944. The Morgan fingerprint density at radius 3 is 2.82 bits per heavy atom. The van der Waals surface area contributed by atoms with Crippen molar-refractivity contribution in [1.29, 1.82) is 0 Å². The SMILES string of the molecule is CCCC(N)C(=O)c1nc2ccccc2n1C. The first-order valence-corrected chi connectivity index (χ1v) is 5.86. The summed E-state index contributed by atoms with van der Waals surface area (Å²) in [6, 6.07) is 7.25. The lowest BCUT2D eigenvalue weighted by Gasteiger charge is -2.08. The number of hydrogen-bond acceptors (Lipinski definition) is 3. The van der Waals surface area contributed by atoms with Gasteiger partial charge >= 0.3 is 0 Å². The van der Waals surface area contributed by atoms with Crippen molar-refractivity contribution < 1.29 is 4.79 Å². The zero-order valence-corrected chi connectivity index (χ0v) is 10.2. The van der Waals surface area contributed by atoms with Gasteiger partial charge in [-0.1, -0.05) is 25.5 Å². The van der Waals surface area contributed by atoms with Crippen LogP contribution in [0.1, 0.15) is 30.4 Å². The number of ketones is 1. The average molecular weight is 231 g/mol. The molecule has 4 nitrogen and oxygen atoms in total. The van der Waals surface area contributed by atoms with Crippen molar-refractivity contribution in [3.05, 3.63) is 30.1 Å². The normalized spacial score (nSPS) is 12.9. The number of nitrogens with zero attached hydrogens (tertiary/aromatic N) is 2. The third-order valence-electron chi connectivity index (χ3n) is 2.94. The van der Waals surface area contributed by atoms with Crippen molar-refractivity contribution in [3.63, 3.8) is 0 Å². The maximum absolute atomic E-state index is 12.1. The summed E-state index contributed by atoms with van der Waals surface area (Å²) < 4.78 is 1.81. The second kappa shape index (κ2) is 4.67. The van der Waals surface area contributed by atoms with Gasteiger partial charge in [-0.05, 0) is 18.6 Å². The highest BCUT2D eigenvalue weighted by atomic mass is 16.1. The molecular formula is C13H17N3O. The fraction of sp³-hybridized carbons (Fsp3) is 0.385. The monoisotopic (exact) mass is 231 g/mol. The lowest BCUT2D eigenvalue weighted by Crippen LogP contribution is -2.32. The number of Topliss-reactive ketones (excluding diaryl/α,β-unsaturated/α-hetero) is 1. The minimum Gasteiger partial charge on any atom is -0.325 e. The molecule has 0 saturated heterocycles. The van der Waals surface area contributed by atoms with Gasteiger partial charge in [-0.15, -0.1) is 0 Å². The molecule has 1 atom stereocenters. The first-order chi connectivity index (χ1) is 8.15. The van der Waals surface area contributed by atoms with Crippen LogP contribution in [0.25, 0.3) is 11.0 Å². The van der Waals surface area contributed by atoms with Crippen LogP contribution < -0.4 is 5.73 Å². The van der Waals surface area contributed by atoms with E-state index in [-0.39, 0.29) is 5.78 Å². The molecule has 1 heterocycles. The molecule has 17 heavy (non-hydrogen) atoms. The highest BCUT2D eigenvalue weighted by molar-refractivity contribution is 5.99. The van der Waals surface area contributed by atoms with E-state index in [0.29, 0.717) is 12.2 Å². The summed E-state index contributed by atoms with van der Waals surface area (Å²) in [5.74, 6) is 0.373. The molecule has 0 aliphatic carbocycles. The van der Waals surface area contributed by atoms with Gasteiger partial charge in [-0.25, -0.2) is 4.98 Å². The van der Waals surface area contributed by atoms with E-state index in [2.05, 4.69) is 4.98 Å². The van der Waals surface area contributed by atoms with Crippen LogP contribution in [0.15, 0.2) is 24.3 Å². The molecule has 0 spiro atoms. The average Bonchev–Trinajstić information content (AvgIpc) is 2.67. The van der Waals surface area contributed by atoms with Gasteiger partial charge in [0.15, 0.2) is 5.82 Å². The van der Waals surface area contributed by atoms with Crippen molar-refractivity contribution in [2.24, 2.45) is 12.8 Å². The van der Waals surface area contributed by atoms with Crippen LogP contribution in [0.3, 0.4) is 0 Å². The molecule has 2 N–H and O–H groups in total. The van der Waals surface area contributed by atoms with Crippen molar-refractivity contribution >= 4 is 16.8 Å². The summed E-state index contributed by atoms with van der Waals surface area (Å²) in [6.07, 6.45) is 1.60. The Balaban J connectivity index is 2.42. The fourth-order valence-corrected chi connectivity index (χ4v) is 1.97. The molecule has 1 aromatic heterocycles. The number of imidazole rings is 1. The molecule has 0 aliphatic rings. The zero-order chi connectivity index (χ0) is 12.4. The largest absolute Gasteiger partial charge is 0.325 e. The van der Waals surface area contributed by atoms with Gasteiger partial charge in [0, 0.05) is 7.05 Å². The predicted molar refractivity (Wildman–Crippen MR) is 67.9 cm³/mol. The van der Waals surface area contributed by atoms with Crippen LogP contribution in [0.2, 0.25) is 0 Å². The van der Waals surface area contributed by atoms with Gasteiger partial charge in [0.1, 0.15) is 0 Å². The van der Waals surface area contributed by atoms with Crippen molar-refractivity contribution in [3.8, 4) is 0 Å². The van der Waals surface area contributed by atoms with Crippen LogP contribution in [0, 0.1) is 0 Å². The number of fused-ring (bicyclic) bond motifs is 1. The van der Waals surface area contributed by atoms with Crippen LogP contribution in [-0.4, -0.2) is 21.4 Å². The Morgan fingerprint density at radius 2 is 2.18 bits per heavy atom. The first-order valence-electron chi connectivity index (χ1n) is 5.86. The Kier molecular flexibility index (Phi) is 3.24. The summed E-state index contributed by atoms with van der Waals surface area (Å²) in [5, 5.41) is 0. The van der Waals surface area contributed by atoms with E-state index in [4.69, 9.17) is 5.73 Å². The maximum Gasteiger partial charge on any atom is 0.214 e. The highest BCUT2D eigenvalue weighted by Gasteiger charge is 2.20. The molecule has 0 amide bonds. The van der Waals surface area contributed by atoms with Gasteiger partial charge < -0.3 is 10.3 Å². The Morgan fingerprint density at radius 1 is 1.47 bits per heavy atom. The van der Waals surface area contributed by atoms with Gasteiger partial charge in [0.25, 0.3) is 0 Å².